The summed E-state index contributed by atoms with van der Waals surface area (Å²) in [7, 11) is 0. The summed E-state index contributed by atoms with van der Waals surface area (Å²) >= 11 is 0. The van der Waals surface area contributed by atoms with Gasteiger partial charge < -0.3 is 43.7 Å². The Morgan fingerprint density at radius 1 is 0.380 bits per heavy atom. The molecule has 9 heteroatoms. The average Bonchev–Trinajstić information content (AvgIpc) is 4.14. The molecule has 0 unspecified atom stereocenters. The number of halogens is 2. The van der Waals surface area contributed by atoms with Crippen LogP contribution in [-0.4, -0.2) is 32.6 Å². The topological polar surface area (TPSA) is 68.8 Å². The predicted octanol–water partition coefficient (Wildman–Crippen LogP) is 19.8. The smallest absolute Gasteiger partial charge is 0.147 e. The minimum Gasteiger partial charge on any atom is -0.505 e. The van der Waals surface area contributed by atoms with Gasteiger partial charge in [-0.05, 0) is 135 Å². The van der Waals surface area contributed by atoms with Crippen molar-refractivity contribution in [3.63, 3.8) is 0 Å². The van der Waals surface area contributed by atoms with Crippen molar-refractivity contribution in [3.8, 4) is 56.6 Å². The van der Waals surface area contributed by atoms with Crippen LogP contribution in [0.15, 0.2) is 158 Å². The average molecular weight is 1230 g/mol. The number of aromatic nitrogens is 2. The van der Waals surface area contributed by atoms with E-state index in [-0.39, 0.29) is 52.2 Å². The van der Waals surface area contributed by atoms with E-state index in [9.17, 15) is 10.2 Å². The first-order valence-corrected chi connectivity index (χ1v) is 27.9. The number of unbranched alkanes of at least 4 members (excludes halogenated alkanes) is 11. The number of nitrogens with zero attached hydrogens (tertiary/aromatic N) is 2. The Bertz CT molecular complexity index is 3280. The summed E-state index contributed by atoms with van der Waals surface area (Å²) in [6, 6.07) is 50.2. The molecule has 8 aromatic carbocycles. The van der Waals surface area contributed by atoms with Crippen LogP contribution in [0.2, 0.25) is 0 Å². The molecule has 0 aliphatic heterocycles. The SMILES string of the molecule is CCCCCCCCc1cc(-c2cc(F)ccc2OCCCCOc2ccc(F)cc2-c2cc(CCCCCCCC)cc(-n3c4ccccc4c4ccccc43)c2O)c(O)c(-n2c3ccccc3c3ccccc32)c1.[CH3-].[CH3-].[Hf]. The van der Waals surface area contributed by atoms with Gasteiger partial charge in [0.05, 0.1) is 46.7 Å². The van der Waals surface area contributed by atoms with Crippen molar-refractivity contribution in [3.05, 3.63) is 195 Å². The molecule has 0 saturated carbocycles. The number of rotatable bonds is 25. The standard InChI is InChI=1S/C68H70F2N2O4.2CH3.Hf/c1-3-5-7-9-11-13-25-47-41-57(67(73)63(43-47)71-59-31-19-15-27-51(59)52-28-16-20-32-60(52)71)55-45-49(69)35-37-65(55)75-39-23-24-40-76-66-38-36-50(70)46-56(66)58-42-48(26-14-12-10-8-6-4-2)44-64(68(58)74)72-61-33-21-17-29-53(61)54-30-18-22-34-62(54)72;;;/h15-22,27-38,41-46,73-74H,3-14,23-26,39-40H2,1-2H3;2*1H3;/q;2*-1;. The van der Waals surface area contributed by atoms with Crippen LogP contribution in [0, 0.1) is 26.5 Å². The number of para-hydroxylation sites is 4. The molecule has 2 N–H and O–H groups in total. The number of phenols is 2. The molecule has 0 radical (unpaired) electrons. The van der Waals surface area contributed by atoms with Crippen LogP contribution >= 0.6 is 0 Å². The number of aromatic hydroxyl groups is 2. The Morgan fingerprint density at radius 3 is 1.06 bits per heavy atom. The first-order valence-electron chi connectivity index (χ1n) is 27.9. The number of hydrogen-bond acceptors (Lipinski definition) is 4. The Kier molecular flexibility index (Phi) is 21.6. The zero-order valence-electron chi connectivity index (χ0n) is 46.6. The van der Waals surface area contributed by atoms with Crippen LogP contribution in [0.3, 0.4) is 0 Å². The molecule has 79 heavy (non-hydrogen) atoms. The third-order valence-corrected chi connectivity index (χ3v) is 15.1. The van der Waals surface area contributed by atoms with E-state index in [1.807, 2.05) is 60.7 Å². The van der Waals surface area contributed by atoms with Crippen LogP contribution in [0.5, 0.6) is 23.0 Å². The third-order valence-electron chi connectivity index (χ3n) is 15.1. The molecule has 0 fully saturated rings. The molecule has 410 valence electrons. The van der Waals surface area contributed by atoms with E-state index in [0.29, 0.717) is 71.2 Å². The van der Waals surface area contributed by atoms with Crippen molar-refractivity contribution < 1.29 is 54.3 Å². The molecule has 0 atom stereocenters. The summed E-state index contributed by atoms with van der Waals surface area (Å²) in [6.45, 7) is 5.07. The largest absolute Gasteiger partial charge is 0.505 e. The first-order chi connectivity index (χ1) is 37.3. The first kappa shape index (κ1) is 59.9. The summed E-state index contributed by atoms with van der Waals surface area (Å²) in [5.74, 6) is 0.200. The van der Waals surface area contributed by atoms with Gasteiger partial charge in [0.1, 0.15) is 34.6 Å². The molecule has 0 aliphatic carbocycles. The fraction of sp³-hybridized carbons (Fsp3) is 0.286. The second kappa shape index (κ2) is 28.4. The zero-order chi connectivity index (χ0) is 52.4. The molecule has 10 aromatic rings. The number of ether oxygens (including phenoxy) is 2. The van der Waals surface area contributed by atoms with Crippen molar-refractivity contribution in [2.75, 3.05) is 13.2 Å². The Morgan fingerprint density at radius 2 is 0.709 bits per heavy atom. The Labute approximate surface area is 485 Å². The van der Waals surface area contributed by atoms with E-state index in [1.54, 1.807) is 12.1 Å². The summed E-state index contributed by atoms with van der Waals surface area (Å²) in [5.41, 5.74) is 9.32. The van der Waals surface area contributed by atoms with E-state index in [2.05, 4.69) is 83.6 Å². The fourth-order valence-electron chi connectivity index (χ4n) is 11.2. The van der Waals surface area contributed by atoms with Gasteiger partial charge >= 0.3 is 0 Å². The molecular weight excluding hydrogens is 1150 g/mol. The van der Waals surface area contributed by atoms with Gasteiger partial charge in [0.15, 0.2) is 0 Å². The Hall–Kier alpha value is -6.71. The van der Waals surface area contributed by atoms with E-state index >= 15 is 8.78 Å². The summed E-state index contributed by atoms with van der Waals surface area (Å²) in [6.07, 6.45) is 16.7. The number of phenolic OH excluding ortho intramolecular Hbond substituents is 2. The van der Waals surface area contributed by atoms with E-state index in [1.165, 1.54) is 75.6 Å². The van der Waals surface area contributed by atoms with Gasteiger partial charge in [-0.15, -0.1) is 0 Å². The van der Waals surface area contributed by atoms with Gasteiger partial charge in [0.2, 0.25) is 0 Å². The summed E-state index contributed by atoms with van der Waals surface area (Å²) in [4.78, 5) is 0. The molecule has 10 rings (SSSR count). The second-order valence-electron chi connectivity index (χ2n) is 20.5. The third kappa shape index (κ3) is 13.3. The quantitative estimate of drug-likeness (QED) is 0.0340. The van der Waals surface area contributed by atoms with Gasteiger partial charge in [-0.2, -0.15) is 0 Å². The molecule has 6 nitrogen and oxygen atoms in total. The number of fused-ring (bicyclic) bond motifs is 6. The molecule has 0 spiro atoms. The van der Waals surface area contributed by atoms with Crippen molar-refractivity contribution >= 4 is 43.6 Å². The fourth-order valence-corrected chi connectivity index (χ4v) is 11.2. The van der Waals surface area contributed by atoms with Crippen molar-refractivity contribution in [2.24, 2.45) is 0 Å². The van der Waals surface area contributed by atoms with Gasteiger partial charge in [-0.1, -0.05) is 151 Å². The minimum absolute atomic E-state index is 0. The number of aryl methyl sites for hydroxylation is 2. The maximum Gasteiger partial charge on any atom is 0.147 e. The van der Waals surface area contributed by atoms with Crippen molar-refractivity contribution in [1.29, 1.82) is 0 Å². The molecule has 2 aromatic heterocycles. The van der Waals surface area contributed by atoms with Gasteiger partial charge in [0, 0.05) is 69.6 Å². The van der Waals surface area contributed by atoms with Crippen LogP contribution in [0.1, 0.15) is 115 Å². The number of benzene rings is 8. The molecule has 0 aliphatic rings. The van der Waals surface area contributed by atoms with Gasteiger partial charge in [0.25, 0.3) is 0 Å². The molecular formula is C70H76F2HfN2O4-2. The normalized spacial score (nSPS) is 11.2. The predicted molar refractivity (Wildman–Crippen MR) is 323 cm³/mol. The maximum atomic E-state index is 15.4. The van der Waals surface area contributed by atoms with Gasteiger partial charge in [-0.3, -0.25) is 0 Å². The zero-order valence-corrected chi connectivity index (χ0v) is 50.2. The monoisotopic (exact) mass is 1230 g/mol. The summed E-state index contributed by atoms with van der Waals surface area (Å²) < 4.78 is 48.0. The minimum atomic E-state index is -0.425. The van der Waals surface area contributed by atoms with E-state index in [4.69, 9.17) is 9.47 Å². The van der Waals surface area contributed by atoms with Crippen LogP contribution < -0.4 is 9.47 Å². The van der Waals surface area contributed by atoms with Crippen LogP contribution in [-0.2, 0) is 38.7 Å². The molecule has 0 saturated heterocycles. The molecule has 0 bridgehead atoms. The van der Waals surface area contributed by atoms with E-state index in [0.717, 1.165) is 93.3 Å². The molecule has 2 heterocycles. The summed E-state index contributed by atoms with van der Waals surface area (Å²) in [5, 5.41) is 29.2. The van der Waals surface area contributed by atoms with Crippen molar-refractivity contribution in [2.45, 2.75) is 117 Å². The number of hydrogen-bond donors (Lipinski definition) is 2. The van der Waals surface area contributed by atoms with E-state index < -0.39 is 11.6 Å². The van der Waals surface area contributed by atoms with Crippen LogP contribution in [0.25, 0.3) is 77.2 Å². The second-order valence-corrected chi connectivity index (χ2v) is 20.5. The molecule has 0 amide bonds. The van der Waals surface area contributed by atoms with Crippen LogP contribution in [0.4, 0.5) is 8.78 Å². The Balaban J connectivity index is 0.00000301. The maximum absolute atomic E-state index is 15.4. The van der Waals surface area contributed by atoms with Crippen molar-refractivity contribution in [1.82, 2.24) is 9.13 Å². The van der Waals surface area contributed by atoms with Gasteiger partial charge in [-0.25, -0.2) is 8.78 Å².